The van der Waals surface area contributed by atoms with Crippen molar-refractivity contribution in [2.45, 2.75) is 0 Å². The maximum Gasteiger partial charge on any atom is 0.335 e. The van der Waals surface area contributed by atoms with Gasteiger partial charge in [0.15, 0.2) is 0 Å². The van der Waals surface area contributed by atoms with Crippen LogP contribution < -0.4 is 0 Å². The number of carboxylic acids is 1. The highest BCUT2D eigenvalue weighted by atomic mass is 35.5. The van der Waals surface area contributed by atoms with Gasteiger partial charge in [-0.05, 0) is 24.3 Å². The molecule has 0 bridgehead atoms. The number of rotatable bonds is 2. The molecule has 5 heteroatoms. The van der Waals surface area contributed by atoms with Crippen molar-refractivity contribution in [1.29, 1.82) is 0 Å². The van der Waals surface area contributed by atoms with Gasteiger partial charge in [-0.2, -0.15) is 0 Å². The van der Waals surface area contributed by atoms with E-state index in [-0.39, 0.29) is 18.0 Å². The quantitative estimate of drug-likeness (QED) is 0.908. The van der Waals surface area contributed by atoms with Crippen LogP contribution >= 0.6 is 24.0 Å². The van der Waals surface area contributed by atoms with E-state index in [1.54, 1.807) is 24.3 Å². The Hall–Kier alpha value is -1.58. The molecular formula is C12H9Cl2NO2. The molecule has 0 aliphatic rings. The highest BCUT2D eigenvalue weighted by Gasteiger charge is 2.05. The Kier molecular flexibility index (Phi) is 4.49. The number of hydrogen-bond acceptors (Lipinski definition) is 2. The normalized spacial score (nSPS) is 9.47. The first-order chi connectivity index (χ1) is 7.66. The van der Waals surface area contributed by atoms with Crippen LogP contribution in [-0.2, 0) is 0 Å². The van der Waals surface area contributed by atoms with Crippen molar-refractivity contribution in [3.05, 3.63) is 53.2 Å². The summed E-state index contributed by atoms with van der Waals surface area (Å²) in [5.41, 5.74) is 1.68. The third kappa shape index (κ3) is 3.19. The summed E-state index contributed by atoms with van der Waals surface area (Å²) in [5.74, 6) is -0.961. The molecule has 0 aliphatic carbocycles. The van der Waals surface area contributed by atoms with E-state index in [1.807, 2.05) is 0 Å². The largest absolute Gasteiger partial charge is 0.478 e. The van der Waals surface area contributed by atoms with Gasteiger partial charge in [0, 0.05) is 16.8 Å². The molecule has 0 amide bonds. The average Bonchev–Trinajstić information content (AvgIpc) is 2.30. The van der Waals surface area contributed by atoms with Crippen LogP contribution in [0.15, 0.2) is 42.6 Å². The number of benzene rings is 1. The molecule has 0 radical (unpaired) electrons. The van der Waals surface area contributed by atoms with Gasteiger partial charge < -0.3 is 5.11 Å². The maximum atomic E-state index is 10.8. The first kappa shape index (κ1) is 13.5. The van der Waals surface area contributed by atoms with Gasteiger partial charge in [0.05, 0.1) is 11.3 Å². The number of pyridine rings is 1. The van der Waals surface area contributed by atoms with Crippen LogP contribution in [0.25, 0.3) is 11.3 Å². The molecule has 0 spiro atoms. The van der Waals surface area contributed by atoms with E-state index in [0.29, 0.717) is 10.7 Å². The standard InChI is InChI=1S/C12H8ClNO2.ClH/c13-10-3-1-8(2-4-10)11-7-9(12(15)16)5-6-14-11;/h1-7H,(H,15,16);1H. The molecular weight excluding hydrogens is 261 g/mol. The highest BCUT2D eigenvalue weighted by molar-refractivity contribution is 6.30. The zero-order valence-corrected chi connectivity index (χ0v) is 10.2. The summed E-state index contributed by atoms with van der Waals surface area (Å²) < 4.78 is 0. The van der Waals surface area contributed by atoms with Crippen molar-refractivity contribution < 1.29 is 9.90 Å². The van der Waals surface area contributed by atoms with Crippen molar-refractivity contribution in [1.82, 2.24) is 4.98 Å². The number of halogens is 2. The Morgan fingerprint density at radius 2 is 1.82 bits per heavy atom. The van der Waals surface area contributed by atoms with Crippen molar-refractivity contribution in [2.75, 3.05) is 0 Å². The van der Waals surface area contributed by atoms with Crippen molar-refractivity contribution in [2.24, 2.45) is 0 Å². The first-order valence-corrected chi connectivity index (χ1v) is 5.00. The molecule has 17 heavy (non-hydrogen) atoms. The maximum absolute atomic E-state index is 10.8. The molecule has 1 aromatic heterocycles. The van der Waals surface area contributed by atoms with Crippen LogP contribution in [0.3, 0.4) is 0 Å². The van der Waals surface area contributed by atoms with E-state index in [2.05, 4.69) is 4.98 Å². The minimum Gasteiger partial charge on any atom is -0.478 e. The van der Waals surface area contributed by atoms with E-state index in [0.717, 1.165) is 5.56 Å². The number of hydrogen-bond donors (Lipinski definition) is 1. The Bertz CT molecular complexity index is 526. The SMILES string of the molecule is Cl.O=C(O)c1ccnc(-c2ccc(Cl)cc2)c1. The minimum atomic E-state index is -0.961. The van der Waals surface area contributed by atoms with Gasteiger partial charge in [0.25, 0.3) is 0 Å². The van der Waals surface area contributed by atoms with E-state index >= 15 is 0 Å². The Morgan fingerprint density at radius 1 is 1.18 bits per heavy atom. The third-order valence-electron chi connectivity index (χ3n) is 2.15. The third-order valence-corrected chi connectivity index (χ3v) is 2.40. The summed E-state index contributed by atoms with van der Waals surface area (Å²) in [4.78, 5) is 14.9. The fraction of sp³-hybridized carbons (Fsp3) is 0. The molecule has 88 valence electrons. The van der Waals surface area contributed by atoms with Crippen LogP contribution in [0, 0.1) is 0 Å². The lowest BCUT2D eigenvalue weighted by Gasteiger charge is -2.01. The molecule has 3 nitrogen and oxygen atoms in total. The summed E-state index contributed by atoms with van der Waals surface area (Å²) in [6.45, 7) is 0. The molecule has 0 unspecified atom stereocenters. The summed E-state index contributed by atoms with van der Waals surface area (Å²) in [5, 5.41) is 9.49. The molecule has 0 fully saturated rings. The highest BCUT2D eigenvalue weighted by Crippen LogP contribution is 2.20. The minimum absolute atomic E-state index is 0. The molecule has 0 saturated carbocycles. The van der Waals surface area contributed by atoms with Gasteiger partial charge in [-0.15, -0.1) is 12.4 Å². The van der Waals surface area contributed by atoms with Gasteiger partial charge >= 0.3 is 5.97 Å². The predicted octanol–water partition coefficient (Wildman–Crippen LogP) is 3.52. The summed E-state index contributed by atoms with van der Waals surface area (Å²) in [6.07, 6.45) is 1.48. The fourth-order valence-electron chi connectivity index (χ4n) is 1.34. The van der Waals surface area contributed by atoms with Gasteiger partial charge in [-0.3, -0.25) is 4.98 Å². The topological polar surface area (TPSA) is 50.2 Å². The number of carbonyl (C=O) groups is 1. The van der Waals surface area contributed by atoms with Crippen molar-refractivity contribution in [3.63, 3.8) is 0 Å². The number of aromatic nitrogens is 1. The summed E-state index contributed by atoms with van der Waals surface area (Å²) >= 11 is 5.77. The lowest BCUT2D eigenvalue weighted by molar-refractivity contribution is 0.0697. The summed E-state index contributed by atoms with van der Waals surface area (Å²) in [6, 6.07) is 10.1. The Morgan fingerprint density at radius 3 is 2.41 bits per heavy atom. The van der Waals surface area contributed by atoms with Gasteiger partial charge in [-0.1, -0.05) is 23.7 Å². The van der Waals surface area contributed by atoms with E-state index in [4.69, 9.17) is 16.7 Å². The molecule has 1 aromatic carbocycles. The van der Waals surface area contributed by atoms with E-state index in [1.165, 1.54) is 18.3 Å². The van der Waals surface area contributed by atoms with Crippen LogP contribution in [0.5, 0.6) is 0 Å². The molecule has 0 atom stereocenters. The molecule has 0 aliphatic heterocycles. The molecule has 2 rings (SSSR count). The van der Waals surface area contributed by atoms with Crippen LogP contribution in [0.2, 0.25) is 5.02 Å². The Labute approximate surface area is 109 Å². The fourth-order valence-corrected chi connectivity index (χ4v) is 1.47. The van der Waals surface area contributed by atoms with Crippen molar-refractivity contribution >= 4 is 30.0 Å². The van der Waals surface area contributed by atoms with Crippen molar-refractivity contribution in [3.8, 4) is 11.3 Å². The molecule has 1 heterocycles. The van der Waals surface area contributed by atoms with Crippen LogP contribution in [-0.4, -0.2) is 16.1 Å². The second-order valence-corrected chi connectivity index (χ2v) is 3.68. The van der Waals surface area contributed by atoms with Gasteiger partial charge in [-0.25, -0.2) is 4.79 Å². The predicted molar refractivity (Wildman–Crippen MR) is 68.9 cm³/mol. The van der Waals surface area contributed by atoms with E-state index in [9.17, 15) is 4.79 Å². The molecule has 1 N–H and O–H groups in total. The lowest BCUT2D eigenvalue weighted by Crippen LogP contribution is -1.97. The average molecular weight is 270 g/mol. The lowest BCUT2D eigenvalue weighted by atomic mass is 10.1. The molecule has 2 aromatic rings. The van der Waals surface area contributed by atoms with Gasteiger partial charge in [0.2, 0.25) is 0 Å². The zero-order chi connectivity index (χ0) is 11.5. The summed E-state index contributed by atoms with van der Waals surface area (Å²) in [7, 11) is 0. The van der Waals surface area contributed by atoms with Gasteiger partial charge in [0.1, 0.15) is 0 Å². The van der Waals surface area contributed by atoms with Crippen LogP contribution in [0.4, 0.5) is 0 Å². The zero-order valence-electron chi connectivity index (χ0n) is 8.63. The van der Waals surface area contributed by atoms with Crippen LogP contribution in [0.1, 0.15) is 10.4 Å². The van der Waals surface area contributed by atoms with E-state index < -0.39 is 5.97 Å². The monoisotopic (exact) mass is 269 g/mol. The first-order valence-electron chi connectivity index (χ1n) is 4.62. The second kappa shape index (κ2) is 5.66. The second-order valence-electron chi connectivity index (χ2n) is 3.24. The Balaban J connectivity index is 0.00000144. The molecule has 0 saturated heterocycles. The number of nitrogens with zero attached hydrogens (tertiary/aromatic N) is 1. The number of carboxylic acid groups (broad SMARTS) is 1. The smallest absolute Gasteiger partial charge is 0.335 e. The number of aromatic carboxylic acids is 1.